The van der Waals surface area contributed by atoms with Crippen LogP contribution in [0.15, 0.2) is 21.6 Å². The van der Waals surface area contributed by atoms with Gasteiger partial charge in [-0.05, 0) is 6.92 Å². The number of hydrogen-bond donors (Lipinski definition) is 3. The Morgan fingerprint density at radius 3 is 3.15 bits per heavy atom. The Labute approximate surface area is 74.8 Å². The second-order valence-electron chi connectivity index (χ2n) is 2.48. The Morgan fingerprint density at radius 1 is 1.85 bits per heavy atom. The van der Waals surface area contributed by atoms with Crippen LogP contribution in [0.25, 0.3) is 0 Å². The van der Waals surface area contributed by atoms with Crippen molar-refractivity contribution in [2.45, 2.75) is 13.3 Å². The van der Waals surface area contributed by atoms with Gasteiger partial charge in [0.2, 0.25) is 0 Å². The summed E-state index contributed by atoms with van der Waals surface area (Å²) < 4.78 is 0. The van der Waals surface area contributed by atoms with Crippen LogP contribution in [0.2, 0.25) is 0 Å². The second kappa shape index (κ2) is 3.70. The van der Waals surface area contributed by atoms with Gasteiger partial charge in [-0.3, -0.25) is 4.99 Å². The van der Waals surface area contributed by atoms with Crippen molar-refractivity contribution in [2.75, 3.05) is 0 Å². The molecule has 6 nitrogen and oxygen atoms in total. The van der Waals surface area contributed by atoms with Gasteiger partial charge < -0.3 is 10.8 Å². The lowest BCUT2D eigenvalue weighted by Gasteiger charge is -2.08. The van der Waals surface area contributed by atoms with E-state index in [0.29, 0.717) is 17.8 Å². The first-order valence-electron chi connectivity index (χ1n) is 3.66. The zero-order chi connectivity index (χ0) is 9.84. The van der Waals surface area contributed by atoms with Gasteiger partial charge in [0.25, 0.3) is 0 Å². The number of primary amides is 1. The fraction of sp³-hybridized carbons (Fsp3) is 0.286. The molecule has 0 aromatic heterocycles. The van der Waals surface area contributed by atoms with E-state index < -0.39 is 6.03 Å². The van der Waals surface area contributed by atoms with E-state index in [0.717, 1.165) is 0 Å². The van der Waals surface area contributed by atoms with Gasteiger partial charge in [0.1, 0.15) is 5.71 Å². The van der Waals surface area contributed by atoms with Crippen LogP contribution < -0.4 is 11.2 Å². The van der Waals surface area contributed by atoms with Gasteiger partial charge in [0, 0.05) is 12.6 Å². The molecule has 1 aliphatic heterocycles. The molecule has 6 heteroatoms. The third kappa shape index (κ3) is 2.29. The van der Waals surface area contributed by atoms with Crippen molar-refractivity contribution >= 4 is 18.0 Å². The summed E-state index contributed by atoms with van der Waals surface area (Å²) in [6.07, 6.45) is 1.97. The molecule has 0 aromatic carbocycles. The van der Waals surface area contributed by atoms with Crippen molar-refractivity contribution in [1.82, 2.24) is 5.43 Å². The quantitative estimate of drug-likeness (QED) is 0.507. The van der Waals surface area contributed by atoms with Crippen LogP contribution >= 0.6 is 0 Å². The Kier molecular flexibility index (Phi) is 2.63. The molecule has 0 saturated heterocycles. The highest BCUT2D eigenvalue weighted by Gasteiger charge is 2.12. The van der Waals surface area contributed by atoms with Crippen molar-refractivity contribution in [1.29, 1.82) is 0 Å². The van der Waals surface area contributed by atoms with E-state index in [1.54, 1.807) is 13.1 Å². The summed E-state index contributed by atoms with van der Waals surface area (Å²) in [5.41, 5.74) is 7.66. The maximum Gasteiger partial charge on any atom is 0.332 e. The molecule has 13 heavy (non-hydrogen) atoms. The summed E-state index contributed by atoms with van der Waals surface area (Å²) in [6.45, 7) is 1.64. The number of hydrogen-bond acceptors (Lipinski definition) is 4. The molecule has 0 bridgehead atoms. The van der Waals surface area contributed by atoms with Crippen molar-refractivity contribution in [3.05, 3.63) is 11.5 Å². The van der Waals surface area contributed by atoms with E-state index in [1.807, 2.05) is 5.43 Å². The third-order valence-electron chi connectivity index (χ3n) is 1.49. The molecule has 0 atom stereocenters. The highest BCUT2D eigenvalue weighted by molar-refractivity contribution is 6.07. The molecule has 4 N–H and O–H groups in total. The molecule has 0 spiro atoms. The minimum Gasteiger partial charge on any atom is -0.504 e. The maximum absolute atomic E-state index is 10.3. The summed E-state index contributed by atoms with van der Waals surface area (Å²) >= 11 is 0. The van der Waals surface area contributed by atoms with Gasteiger partial charge >= 0.3 is 6.03 Å². The first-order chi connectivity index (χ1) is 6.11. The number of rotatable bonds is 1. The topological polar surface area (TPSA) is 100 Å². The lowest BCUT2D eigenvalue weighted by atomic mass is 10.2. The monoisotopic (exact) mass is 182 g/mol. The number of aliphatic hydroxyl groups excluding tert-OH is 1. The average Bonchev–Trinajstić information content (AvgIpc) is 2.07. The minimum atomic E-state index is -0.763. The SMILES string of the molecule is CC1=C(O)C(=NNC(N)=O)CC=N1. The minimum absolute atomic E-state index is 0.0174. The number of aliphatic imine (C=N–C) groups is 1. The Hall–Kier alpha value is -1.85. The molecule has 1 rings (SSSR count). The van der Waals surface area contributed by atoms with Crippen LogP contribution in [0.4, 0.5) is 4.79 Å². The van der Waals surface area contributed by atoms with Gasteiger partial charge in [-0.25, -0.2) is 10.2 Å². The number of nitrogens with one attached hydrogen (secondary N) is 1. The molecule has 70 valence electrons. The molecular formula is C7H10N4O2. The number of carbonyl (C=O) groups excluding carboxylic acids is 1. The van der Waals surface area contributed by atoms with E-state index in [4.69, 9.17) is 5.73 Å². The number of allylic oxidation sites excluding steroid dienone is 2. The smallest absolute Gasteiger partial charge is 0.332 e. The summed E-state index contributed by atoms with van der Waals surface area (Å²) in [6, 6.07) is -0.763. The molecule has 1 heterocycles. The standard InChI is InChI=1S/C7H10N4O2/c1-4-6(12)5(2-3-9-4)10-11-7(8)13/h3,12H,2H2,1H3,(H3,8,11,13). The number of urea groups is 1. The molecule has 0 unspecified atom stereocenters. The van der Waals surface area contributed by atoms with Gasteiger partial charge in [-0.1, -0.05) is 0 Å². The van der Waals surface area contributed by atoms with Crippen molar-refractivity contribution < 1.29 is 9.90 Å². The number of nitrogens with zero attached hydrogens (tertiary/aromatic N) is 2. The fourth-order valence-electron chi connectivity index (χ4n) is 0.857. The normalized spacial score (nSPS) is 19.3. The first kappa shape index (κ1) is 9.24. The van der Waals surface area contributed by atoms with Crippen molar-refractivity contribution in [3.8, 4) is 0 Å². The van der Waals surface area contributed by atoms with Crippen LogP contribution in [0, 0.1) is 0 Å². The zero-order valence-electron chi connectivity index (χ0n) is 7.11. The molecule has 1 aliphatic rings. The van der Waals surface area contributed by atoms with E-state index in [9.17, 15) is 9.90 Å². The van der Waals surface area contributed by atoms with Crippen LogP contribution in [0.1, 0.15) is 13.3 Å². The van der Waals surface area contributed by atoms with Crippen LogP contribution in [-0.4, -0.2) is 23.1 Å². The number of nitrogens with two attached hydrogens (primary N) is 1. The van der Waals surface area contributed by atoms with Crippen LogP contribution in [0.3, 0.4) is 0 Å². The Balaban J connectivity index is 2.78. The predicted octanol–water partition coefficient (Wildman–Crippen LogP) is 0.275. The summed E-state index contributed by atoms with van der Waals surface area (Å²) in [4.78, 5) is 14.2. The van der Waals surface area contributed by atoms with E-state index in [-0.39, 0.29) is 5.76 Å². The van der Waals surface area contributed by atoms with Crippen molar-refractivity contribution in [3.63, 3.8) is 0 Å². The third-order valence-corrected chi connectivity index (χ3v) is 1.49. The molecule has 2 amide bonds. The lowest BCUT2D eigenvalue weighted by molar-refractivity contribution is 0.249. The fourth-order valence-corrected chi connectivity index (χ4v) is 0.857. The predicted molar refractivity (Wildman–Crippen MR) is 48.6 cm³/mol. The van der Waals surface area contributed by atoms with E-state index >= 15 is 0 Å². The molecule has 0 aromatic rings. The molecule has 0 aliphatic carbocycles. The summed E-state index contributed by atoms with van der Waals surface area (Å²) in [5.74, 6) is -0.0174. The molecule has 0 fully saturated rings. The number of hydrazone groups is 1. The van der Waals surface area contributed by atoms with E-state index in [2.05, 4.69) is 10.1 Å². The highest BCUT2D eigenvalue weighted by atomic mass is 16.3. The second-order valence-corrected chi connectivity index (χ2v) is 2.48. The van der Waals surface area contributed by atoms with E-state index in [1.165, 1.54) is 0 Å². The molecular weight excluding hydrogens is 172 g/mol. The number of carbonyl (C=O) groups is 1. The van der Waals surface area contributed by atoms with Crippen LogP contribution in [-0.2, 0) is 0 Å². The van der Waals surface area contributed by atoms with Gasteiger partial charge in [-0.2, -0.15) is 5.10 Å². The number of amides is 2. The van der Waals surface area contributed by atoms with Gasteiger partial charge in [0.05, 0.1) is 5.70 Å². The maximum atomic E-state index is 10.3. The Morgan fingerprint density at radius 2 is 2.54 bits per heavy atom. The zero-order valence-corrected chi connectivity index (χ0v) is 7.11. The number of aliphatic hydroxyl groups is 1. The molecule has 0 radical (unpaired) electrons. The van der Waals surface area contributed by atoms with Crippen molar-refractivity contribution in [2.24, 2.45) is 15.8 Å². The van der Waals surface area contributed by atoms with Crippen LogP contribution in [0.5, 0.6) is 0 Å². The average molecular weight is 182 g/mol. The lowest BCUT2D eigenvalue weighted by Crippen LogP contribution is -2.26. The first-order valence-corrected chi connectivity index (χ1v) is 3.66. The summed E-state index contributed by atoms with van der Waals surface area (Å²) in [5, 5.41) is 13.0. The van der Waals surface area contributed by atoms with Gasteiger partial charge in [-0.15, -0.1) is 0 Å². The Bertz CT molecular complexity index is 316. The largest absolute Gasteiger partial charge is 0.504 e. The van der Waals surface area contributed by atoms with Gasteiger partial charge in [0.15, 0.2) is 5.76 Å². The highest BCUT2D eigenvalue weighted by Crippen LogP contribution is 2.10. The summed E-state index contributed by atoms with van der Waals surface area (Å²) in [7, 11) is 0. The molecule has 0 saturated carbocycles.